The van der Waals surface area contributed by atoms with Gasteiger partial charge in [-0.2, -0.15) is 0 Å². The van der Waals surface area contributed by atoms with Crippen LogP contribution in [0.4, 0.5) is 0 Å². The number of carbonyl (C=O) groups is 6. The third kappa shape index (κ3) is 42.9. The van der Waals surface area contributed by atoms with E-state index in [1.807, 2.05) is 0 Å². The lowest BCUT2D eigenvalue weighted by Crippen LogP contribution is -2.35. The Labute approximate surface area is 406 Å². The van der Waals surface area contributed by atoms with Crippen molar-refractivity contribution in [1.29, 1.82) is 0 Å². The SMILES string of the molecule is COC(=O)CCN(CCCCCCCCNC(=O)CCN(CCCCCCCC[Si](Cl)(Cl)Cl)CCC(=O)NCCCCCCCCN(CCC(=O)OC)CCC(=O)OC)CCC(=O)OC. The van der Waals surface area contributed by atoms with Gasteiger partial charge in [0, 0.05) is 65.2 Å². The van der Waals surface area contributed by atoms with Gasteiger partial charge in [-0.15, -0.1) is 33.2 Å². The van der Waals surface area contributed by atoms with Crippen LogP contribution in [0.2, 0.25) is 6.04 Å². The number of nitrogens with zero attached hydrogens (tertiary/aromatic N) is 3. The normalized spacial score (nSPS) is 11.5. The molecule has 0 aromatic carbocycles. The molecule has 19 heteroatoms. The van der Waals surface area contributed by atoms with Crippen molar-refractivity contribution in [2.45, 2.75) is 160 Å². The number of hydrogen-bond acceptors (Lipinski definition) is 13. The van der Waals surface area contributed by atoms with E-state index >= 15 is 0 Å². The highest BCUT2D eigenvalue weighted by Crippen LogP contribution is 2.27. The third-order valence-corrected chi connectivity index (χ3v) is 14.0. The van der Waals surface area contributed by atoms with Crippen molar-refractivity contribution in [2.24, 2.45) is 0 Å². The molecule has 0 saturated carbocycles. The summed E-state index contributed by atoms with van der Waals surface area (Å²) in [5.41, 5.74) is 0. The Hall–Kier alpha value is -2.21. The number of methoxy groups -OCH3 is 4. The number of carbonyl (C=O) groups excluding carboxylic acids is 6. The average Bonchev–Trinajstić information content (AvgIpc) is 3.29. The van der Waals surface area contributed by atoms with Gasteiger partial charge in [0.05, 0.1) is 54.1 Å². The minimum atomic E-state index is -2.55. The molecule has 0 rings (SSSR count). The highest BCUT2D eigenvalue weighted by molar-refractivity contribution is 7.64. The molecule has 0 aromatic rings. The molecule has 2 N–H and O–H groups in total. The molecular formula is C46H86Cl3N5O10Si. The number of unbranched alkanes of at least 4 members (excludes halogenated alkanes) is 15. The second-order valence-corrected chi connectivity index (χ2v) is 26.0. The molecule has 65 heavy (non-hydrogen) atoms. The topological polar surface area (TPSA) is 173 Å². The summed E-state index contributed by atoms with van der Waals surface area (Å²) >= 11 is 18.0. The van der Waals surface area contributed by atoms with Crippen molar-refractivity contribution in [1.82, 2.24) is 25.3 Å². The van der Waals surface area contributed by atoms with E-state index in [1.165, 1.54) is 28.4 Å². The lowest BCUT2D eigenvalue weighted by atomic mass is 10.1. The van der Waals surface area contributed by atoms with Gasteiger partial charge in [-0.1, -0.05) is 83.5 Å². The van der Waals surface area contributed by atoms with Crippen LogP contribution >= 0.6 is 33.2 Å². The summed E-state index contributed by atoms with van der Waals surface area (Å²) in [5.74, 6) is -0.980. The second kappa shape index (κ2) is 43.1. The van der Waals surface area contributed by atoms with Crippen molar-refractivity contribution in [3.8, 4) is 0 Å². The molecule has 380 valence electrons. The molecule has 0 fully saturated rings. The monoisotopic (exact) mass is 1000 g/mol. The van der Waals surface area contributed by atoms with Gasteiger partial charge < -0.3 is 44.3 Å². The summed E-state index contributed by atoms with van der Waals surface area (Å²) in [4.78, 5) is 78.4. The van der Waals surface area contributed by atoms with E-state index < -0.39 is 6.00 Å². The van der Waals surface area contributed by atoms with E-state index in [-0.39, 0.29) is 35.7 Å². The predicted octanol–water partition coefficient (Wildman–Crippen LogP) is 7.83. The fourth-order valence-electron chi connectivity index (χ4n) is 7.27. The molecule has 0 bridgehead atoms. The maximum atomic E-state index is 12.8. The zero-order chi connectivity index (χ0) is 48.4. The Morgan fingerprint density at radius 1 is 0.354 bits per heavy atom. The summed E-state index contributed by atoms with van der Waals surface area (Å²) < 4.78 is 19.0. The highest BCUT2D eigenvalue weighted by Gasteiger charge is 2.23. The van der Waals surface area contributed by atoms with Crippen LogP contribution in [-0.2, 0) is 47.7 Å². The summed E-state index contributed by atoms with van der Waals surface area (Å²) in [7, 11) is 5.51. The quantitative estimate of drug-likeness (QED) is 0.0199. The number of rotatable bonds is 45. The first-order chi connectivity index (χ1) is 31.2. The first-order valence-electron chi connectivity index (χ1n) is 24.3. The molecule has 0 heterocycles. The standard InChI is InChI=1S/C46H86Cl3N5O10Si/c1-61-43(57)25-36-53(37-26-44(58)62-2)32-20-13-7-5-11-17-29-50-41(55)23-34-52(31-19-15-9-10-16-22-40-65(47,48)49)35-24-42(56)51-30-18-12-6-8-14-21-33-54(38-27-45(59)63-3)39-28-46(60)64-4/h5-40H2,1-4H3,(H,50,55)(H,51,56). The van der Waals surface area contributed by atoms with Crippen LogP contribution in [0.15, 0.2) is 0 Å². The second-order valence-electron chi connectivity index (χ2n) is 16.8. The van der Waals surface area contributed by atoms with Gasteiger partial charge in [-0.3, -0.25) is 28.8 Å². The van der Waals surface area contributed by atoms with Crippen molar-refractivity contribution in [2.75, 3.05) is 100 Å². The maximum absolute atomic E-state index is 12.8. The molecule has 0 spiro atoms. The van der Waals surface area contributed by atoms with Gasteiger partial charge in [0.1, 0.15) is 0 Å². The average molecular weight is 1000 g/mol. The van der Waals surface area contributed by atoms with Gasteiger partial charge in [0.25, 0.3) is 0 Å². The molecule has 15 nitrogen and oxygen atoms in total. The Morgan fingerprint density at radius 2 is 0.600 bits per heavy atom. The lowest BCUT2D eigenvalue weighted by Gasteiger charge is -2.22. The summed E-state index contributed by atoms with van der Waals surface area (Å²) in [6.45, 7) is 7.17. The minimum absolute atomic E-state index is 0.0328. The van der Waals surface area contributed by atoms with E-state index in [0.717, 1.165) is 135 Å². The van der Waals surface area contributed by atoms with E-state index in [0.29, 0.717) is 96.9 Å². The van der Waals surface area contributed by atoms with Gasteiger partial charge in [0.2, 0.25) is 11.8 Å². The third-order valence-electron chi connectivity index (χ3n) is 11.4. The first-order valence-corrected chi connectivity index (χ1v) is 29.5. The van der Waals surface area contributed by atoms with E-state index in [1.54, 1.807) is 0 Å². The van der Waals surface area contributed by atoms with Gasteiger partial charge >= 0.3 is 29.9 Å². The number of ether oxygens (including phenoxy) is 4. The van der Waals surface area contributed by atoms with Gasteiger partial charge in [0.15, 0.2) is 0 Å². The molecule has 0 aliphatic carbocycles. The largest absolute Gasteiger partial charge is 0.469 e. The number of nitrogens with one attached hydrogen (secondary N) is 2. The first kappa shape index (κ1) is 62.8. The Balaban J connectivity index is 4.53. The van der Waals surface area contributed by atoms with E-state index in [4.69, 9.17) is 52.2 Å². The van der Waals surface area contributed by atoms with Gasteiger partial charge in [-0.25, -0.2) is 0 Å². The smallest absolute Gasteiger partial charge is 0.341 e. The fraction of sp³-hybridized carbons (Fsp3) is 0.870. The molecule has 0 radical (unpaired) electrons. The number of esters is 4. The molecule has 0 aromatic heterocycles. The van der Waals surface area contributed by atoms with E-state index in [2.05, 4.69) is 25.3 Å². The molecule has 2 amide bonds. The number of amides is 2. The lowest BCUT2D eigenvalue weighted by molar-refractivity contribution is -0.142. The number of hydrogen-bond donors (Lipinski definition) is 2. The zero-order valence-electron chi connectivity index (χ0n) is 40.5. The summed E-state index contributed by atoms with van der Waals surface area (Å²) in [5, 5.41) is 6.16. The van der Waals surface area contributed by atoms with Crippen molar-refractivity contribution < 1.29 is 47.7 Å². The Kier molecular flexibility index (Phi) is 41.6. The number of halogens is 3. The molecular weight excluding hydrogens is 917 g/mol. The minimum Gasteiger partial charge on any atom is -0.469 e. The summed E-state index contributed by atoms with van der Waals surface area (Å²) in [6.07, 6.45) is 20.5. The van der Waals surface area contributed by atoms with E-state index in [9.17, 15) is 28.8 Å². The fourth-order valence-corrected chi connectivity index (χ4v) is 9.12. The van der Waals surface area contributed by atoms with Crippen LogP contribution < -0.4 is 10.6 Å². The Bertz CT molecular complexity index is 1150. The van der Waals surface area contributed by atoms with Crippen molar-refractivity contribution >= 4 is 74.9 Å². The maximum Gasteiger partial charge on any atom is 0.341 e. The zero-order valence-corrected chi connectivity index (χ0v) is 43.8. The van der Waals surface area contributed by atoms with Crippen LogP contribution in [0.5, 0.6) is 0 Å². The predicted molar refractivity (Wildman–Crippen MR) is 262 cm³/mol. The molecule has 0 unspecified atom stereocenters. The Morgan fingerprint density at radius 3 is 0.877 bits per heavy atom. The molecule has 0 aliphatic rings. The summed E-state index contributed by atoms with van der Waals surface area (Å²) in [6, 6.07) is -1.86. The van der Waals surface area contributed by atoms with Crippen LogP contribution in [-0.4, -0.2) is 157 Å². The van der Waals surface area contributed by atoms with Crippen LogP contribution in [0.3, 0.4) is 0 Å². The van der Waals surface area contributed by atoms with Crippen LogP contribution in [0, 0.1) is 0 Å². The molecule has 0 atom stereocenters. The highest BCUT2D eigenvalue weighted by atomic mass is 35.8. The molecule has 0 saturated heterocycles. The van der Waals surface area contributed by atoms with Crippen molar-refractivity contribution in [3.63, 3.8) is 0 Å². The molecule has 0 aliphatic heterocycles. The van der Waals surface area contributed by atoms with Crippen LogP contribution in [0.25, 0.3) is 0 Å². The van der Waals surface area contributed by atoms with Crippen molar-refractivity contribution in [3.05, 3.63) is 0 Å². The van der Waals surface area contributed by atoms with Gasteiger partial charge in [-0.05, 0) is 57.8 Å². The van der Waals surface area contributed by atoms with Crippen LogP contribution in [0.1, 0.15) is 154 Å².